The van der Waals surface area contributed by atoms with Crippen molar-refractivity contribution in [2.45, 2.75) is 64.5 Å². The third-order valence-corrected chi connectivity index (χ3v) is 3.48. The molecule has 0 aromatic rings. The lowest BCUT2D eigenvalue weighted by Gasteiger charge is -2.21. The molecule has 1 fully saturated rings. The van der Waals surface area contributed by atoms with E-state index in [4.69, 9.17) is 0 Å². The van der Waals surface area contributed by atoms with Gasteiger partial charge in [0.25, 0.3) is 0 Å². The summed E-state index contributed by atoms with van der Waals surface area (Å²) >= 11 is 0. The van der Waals surface area contributed by atoms with Crippen molar-refractivity contribution in [3.63, 3.8) is 0 Å². The van der Waals surface area contributed by atoms with Gasteiger partial charge < -0.3 is 16.0 Å². The average molecular weight is 255 g/mol. The highest BCUT2D eigenvalue weighted by atomic mass is 16.1. The van der Waals surface area contributed by atoms with Crippen LogP contribution in [0.4, 0.5) is 0 Å². The van der Waals surface area contributed by atoms with E-state index in [1.807, 2.05) is 0 Å². The number of carbonyl (C=O) groups excluding carboxylic acids is 1. The van der Waals surface area contributed by atoms with Gasteiger partial charge in [0.2, 0.25) is 5.91 Å². The summed E-state index contributed by atoms with van der Waals surface area (Å²) in [6.45, 7) is 6.59. The molecule has 2 unspecified atom stereocenters. The monoisotopic (exact) mass is 255 g/mol. The number of rotatable bonds is 7. The highest BCUT2D eigenvalue weighted by Crippen LogP contribution is 2.12. The summed E-state index contributed by atoms with van der Waals surface area (Å²) in [5.74, 6) is 0.109. The first-order valence-corrected chi connectivity index (χ1v) is 7.45. The quantitative estimate of drug-likeness (QED) is 0.645. The van der Waals surface area contributed by atoms with Gasteiger partial charge in [-0.1, -0.05) is 19.8 Å². The lowest BCUT2D eigenvalue weighted by Crippen LogP contribution is -2.41. The number of amides is 1. The van der Waals surface area contributed by atoms with E-state index in [2.05, 4.69) is 29.8 Å². The van der Waals surface area contributed by atoms with Gasteiger partial charge in [-0.2, -0.15) is 0 Å². The van der Waals surface area contributed by atoms with Crippen LogP contribution in [-0.2, 0) is 4.79 Å². The van der Waals surface area contributed by atoms with E-state index < -0.39 is 0 Å². The van der Waals surface area contributed by atoms with E-state index in [9.17, 15) is 4.79 Å². The molecule has 0 aliphatic carbocycles. The van der Waals surface area contributed by atoms with Crippen LogP contribution < -0.4 is 16.0 Å². The standard InChI is InChI=1S/C14H29N3O/c1-3-8-16-14(18)11-17-12(2)10-13-7-5-4-6-9-15-13/h12-13,15,17H,3-11H2,1-2H3,(H,16,18). The van der Waals surface area contributed by atoms with Crippen LogP contribution in [0.25, 0.3) is 0 Å². The van der Waals surface area contributed by atoms with Crippen molar-refractivity contribution in [3.05, 3.63) is 0 Å². The highest BCUT2D eigenvalue weighted by molar-refractivity contribution is 5.77. The van der Waals surface area contributed by atoms with Crippen molar-refractivity contribution in [2.75, 3.05) is 19.6 Å². The second kappa shape index (κ2) is 9.34. The second-order valence-electron chi connectivity index (χ2n) is 5.37. The third-order valence-electron chi connectivity index (χ3n) is 3.48. The molecule has 0 aromatic carbocycles. The van der Waals surface area contributed by atoms with Crippen LogP contribution in [0.1, 0.15) is 52.4 Å². The maximum absolute atomic E-state index is 11.5. The predicted molar refractivity (Wildman–Crippen MR) is 75.6 cm³/mol. The molecule has 1 amide bonds. The summed E-state index contributed by atoms with van der Waals surface area (Å²) in [6.07, 6.45) is 7.37. The van der Waals surface area contributed by atoms with E-state index in [-0.39, 0.29) is 5.91 Å². The minimum Gasteiger partial charge on any atom is -0.355 e. The van der Waals surface area contributed by atoms with Crippen molar-refractivity contribution >= 4 is 5.91 Å². The number of carbonyl (C=O) groups is 1. The van der Waals surface area contributed by atoms with Crippen LogP contribution in [0.2, 0.25) is 0 Å². The molecule has 4 nitrogen and oxygen atoms in total. The summed E-state index contributed by atoms with van der Waals surface area (Å²) < 4.78 is 0. The van der Waals surface area contributed by atoms with Gasteiger partial charge in [0.05, 0.1) is 6.54 Å². The summed E-state index contributed by atoms with van der Waals surface area (Å²) in [7, 11) is 0. The summed E-state index contributed by atoms with van der Waals surface area (Å²) in [5.41, 5.74) is 0. The van der Waals surface area contributed by atoms with Crippen LogP contribution in [0.3, 0.4) is 0 Å². The molecule has 2 atom stereocenters. The molecule has 1 rings (SSSR count). The maximum atomic E-state index is 11.5. The highest BCUT2D eigenvalue weighted by Gasteiger charge is 2.15. The van der Waals surface area contributed by atoms with Crippen LogP contribution in [0.5, 0.6) is 0 Å². The molecular formula is C14H29N3O. The van der Waals surface area contributed by atoms with E-state index in [1.165, 1.54) is 25.7 Å². The van der Waals surface area contributed by atoms with Crippen molar-refractivity contribution in [2.24, 2.45) is 0 Å². The molecule has 0 bridgehead atoms. The zero-order chi connectivity index (χ0) is 13.2. The first kappa shape index (κ1) is 15.4. The Hall–Kier alpha value is -0.610. The van der Waals surface area contributed by atoms with Crippen molar-refractivity contribution < 1.29 is 4.79 Å². The molecule has 0 spiro atoms. The van der Waals surface area contributed by atoms with Crippen molar-refractivity contribution in [1.29, 1.82) is 0 Å². The summed E-state index contributed by atoms with van der Waals surface area (Å²) in [5, 5.41) is 9.79. The molecule has 0 radical (unpaired) electrons. The van der Waals surface area contributed by atoms with E-state index >= 15 is 0 Å². The number of hydrogen-bond donors (Lipinski definition) is 3. The molecule has 1 aliphatic heterocycles. The SMILES string of the molecule is CCCNC(=O)CNC(C)CC1CCCCCN1. The third kappa shape index (κ3) is 6.97. The van der Waals surface area contributed by atoms with Gasteiger partial charge in [0.1, 0.15) is 0 Å². The Morgan fingerprint density at radius 3 is 3.00 bits per heavy atom. The Kier molecular flexibility index (Phi) is 8.01. The van der Waals surface area contributed by atoms with Gasteiger partial charge in [-0.15, -0.1) is 0 Å². The summed E-state index contributed by atoms with van der Waals surface area (Å²) in [4.78, 5) is 11.5. The molecule has 18 heavy (non-hydrogen) atoms. The topological polar surface area (TPSA) is 53.2 Å². The van der Waals surface area contributed by atoms with Gasteiger partial charge in [0.15, 0.2) is 0 Å². The minimum atomic E-state index is 0.109. The fourth-order valence-corrected chi connectivity index (χ4v) is 2.41. The van der Waals surface area contributed by atoms with Gasteiger partial charge in [-0.25, -0.2) is 0 Å². The molecule has 3 N–H and O–H groups in total. The number of nitrogens with one attached hydrogen (secondary N) is 3. The van der Waals surface area contributed by atoms with Crippen LogP contribution in [0, 0.1) is 0 Å². The molecule has 0 aromatic heterocycles. The molecule has 1 heterocycles. The zero-order valence-corrected chi connectivity index (χ0v) is 11.9. The van der Waals surface area contributed by atoms with E-state index in [1.54, 1.807) is 0 Å². The fourth-order valence-electron chi connectivity index (χ4n) is 2.41. The van der Waals surface area contributed by atoms with Crippen LogP contribution in [-0.4, -0.2) is 37.6 Å². The normalized spacial score (nSPS) is 22.2. The molecule has 0 saturated carbocycles. The lowest BCUT2D eigenvalue weighted by atomic mass is 10.0. The van der Waals surface area contributed by atoms with Crippen LogP contribution >= 0.6 is 0 Å². The Balaban J connectivity index is 2.11. The second-order valence-corrected chi connectivity index (χ2v) is 5.37. The van der Waals surface area contributed by atoms with E-state index in [0.29, 0.717) is 18.6 Å². The number of hydrogen-bond acceptors (Lipinski definition) is 3. The van der Waals surface area contributed by atoms with Gasteiger partial charge >= 0.3 is 0 Å². The van der Waals surface area contributed by atoms with E-state index in [0.717, 1.165) is 25.9 Å². The fraction of sp³-hybridized carbons (Fsp3) is 0.929. The Bertz CT molecular complexity index is 225. The molecule has 106 valence electrons. The van der Waals surface area contributed by atoms with Crippen molar-refractivity contribution in [1.82, 2.24) is 16.0 Å². The molecule has 1 saturated heterocycles. The Morgan fingerprint density at radius 1 is 1.39 bits per heavy atom. The Morgan fingerprint density at radius 2 is 2.22 bits per heavy atom. The average Bonchev–Trinajstić information content (AvgIpc) is 2.62. The first-order chi connectivity index (χ1) is 8.72. The maximum Gasteiger partial charge on any atom is 0.233 e. The smallest absolute Gasteiger partial charge is 0.233 e. The van der Waals surface area contributed by atoms with Gasteiger partial charge in [-0.3, -0.25) is 4.79 Å². The molecular weight excluding hydrogens is 226 g/mol. The zero-order valence-electron chi connectivity index (χ0n) is 11.9. The van der Waals surface area contributed by atoms with Crippen LogP contribution in [0.15, 0.2) is 0 Å². The van der Waals surface area contributed by atoms with Gasteiger partial charge in [-0.05, 0) is 39.2 Å². The largest absolute Gasteiger partial charge is 0.355 e. The first-order valence-electron chi connectivity index (χ1n) is 7.45. The Labute approximate surface area is 111 Å². The molecule has 4 heteroatoms. The summed E-state index contributed by atoms with van der Waals surface area (Å²) in [6, 6.07) is 1.02. The molecule has 1 aliphatic rings. The van der Waals surface area contributed by atoms with Gasteiger partial charge in [0, 0.05) is 18.6 Å². The van der Waals surface area contributed by atoms with Crippen molar-refractivity contribution in [3.8, 4) is 0 Å². The predicted octanol–water partition coefficient (Wildman–Crippen LogP) is 1.41. The minimum absolute atomic E-state index is 0.109. The lowest BCUT2D eigenvalue weighted by molar-refractivity contribution is -0.120.